The second-order valence-corrected chi connectivity index (χ2v) is 3.91. The smallest absolute Gasteiger partial charge is 0.0136 e. The van der Waals surface area contributed by atoms with Crippen LogP contribution in [0.5, 0.6) is 0 Å². The van der Waals surface area contributed by atoms with E-state index >= 15 is 0 Å². The van der Waals surface area contributed by atoms with E-state index in [4.69, 9.17) is 0 Å². The summed E-state index contributed by atoms with van der Waals surface area (Å²) in [6.07, 6.45) is 12.3. The highest BCUT2D eigenvalue weighted by atomic mass is 14.6. The van der Waals surface area contributed by atoms with E-state index < -0.39 is 0 Å². The lowest BCUT2D eigenvalue weighted by molar-refractivity contribution is 0.475. The van der Waals surface area contributed by atoms with Crippen LogP contribution in [0, 0.1) is 23.7 Å². The maximum absolute atomic E-state index is 2.42. The first-order valence-corrected chi connectivity index (χ1v) is 4.30. The lowest BCUT2D eigenvalue weighted by atomic mass is 9.88. The van der Waals surface area contributed by atoms with Gasteiger partial charge in [-0.2, -0.15) is 0 Å². The molecular weight excluding hydrogens is 120 g/mol. The van der Waals surface area contributed by atoms with E-state index in [0.717, 1.165) is 23.7 Å². The second-order valence-electron chi connectivity index (χ2n) is 3.91. The van der Waals surface area contributed by atoms with Gasteiger partial charge in [-0.15, -0.1) is 0 Å². The van der Waals surface area contributed by atoms with Crippen molar-refractivity contribution in [2.45, 2.75) is 12.8 Å². The SMILES string of the molecule is C1=CC2CC3CC3C2C=C1. The summed E-state index contributed by atoms with van der Waals surface area (Å²) in [5.41, 5.74) is 0. The number of hydrogen-bond acceptors (Lipinski definition) is 0. The molecule has 3 aliphatic carbocycles. The van der Waals surface area contributed by atoms with Crippen molar-refractivity contribution in [3.8, 4) is 0 Å². The maximum atomic E-state index is 2.42. The number of hydrogen-bond donors (Lipinski definition) is 0. The van der Waals surface area contributed by atoms with Crippen LogP contribution >= 0.6 is 0 Å². The van der Waals surface area contributed by atoms with Gasteiger partial charge < -0.3 is 0 Å². The van der Waals surface area contributed by atoms with Crippen LogP contribution in [0.4, 0.5) is 0 Å². The lowest BCUT2D eigenvalue weighted by Gasteiger charge is -2.17. The minimum absolute atomic E-state index is 0.925. The number of allylic oxidation sites excluding steroid dienone is 4. The molecule has 3 rings (SSSR count). The van der Waals surface area contributed by atoms with E-state index in [-0.39, 0.29) is 0 Å². The van der Waals surface area contributed by atoms with Gasteiger partial charge in [0.15, 0.2) is 0 Å². The van der Waals surface area contributed by atoms with Crippen LogP contribution in [0.25, 0.3) is 0 Å². The molecule has 0 heteroatoms. The predicted octanol–water partition coefficient (Wildman–Crippen LogP) is 2.38. The molecular formula is C10H12. The van der Waals surface area contributed by atoms with Crippen LogP contribution in [-0.2, 0) is 0 Å². The zero-order chi connectivity index (χ0) is 6.55. The quantitative estimate of drug-likeness (QED) is 0.474. The fourth-order valence-electron chi connectivity index (χ4n) is 2.73. The molecule has 2 saturated carbocycles. The molecule has 0 N–H and O–H groups in total. The van der Waals surface area contributed by atoms with Crippen molar-refractivity contribution in [1.29, 1.82) is 0 Å². The standard InChI is InChI=1S/C10H12/c1-2-4-9-7(3-1)5-8-6-10(8)9/h1-4,7-10H,5-6H2. The molecule has 0 saturated heterocycles. The van der Waals surface area contributed by atoms with Crippen molar-refractivity contribution >= 4 is 0 Å². The molecule has 0 bridgehead atoms. The van der Waals surface area contributed by atoms with Crippen LogP contribution in [-0.4, -0.2) is 0 Å². The Morgan fingerprint density at radius 3 is 2.80 bits per heavy atom. The Morgan fingerprint density at radius 2 is 1.90 bits per heavy atom. The highest BCUT2D eigenvalue weighted by Crippen LogP contribution is 2.59. The summed E-state index contributed by atoms with van der Waals surface area (Å²) in [6, 6.07) is 0. The fourth-order valence-corrected chi connectivity index (χ4v) is 2.73. The van der Waals surface area contributed by atoms with Crippen LogP contribution < -0.4 is 0 Å². The Labute approximate surface area is 61.6 Å². The molecule has 4 atom stereocenters. The first kappa shape index (κ1) is 5.17. The minimum Gasteiger partial charge on any atom is -0.0808 e. The summed E-state index contributed by atoms with van der Waals surface area (Å²) in [4.78, 5) is 0. The second kappa shape index (κ2) is 1.55. The lowest BCUT2D eigenvalue weighted by Crippen LogP contribution is -2.08. The molecule has 0 aromatic carbocycles. The molecule has 4 unspecified atom stereocenters. The molecule has 3 aliphatic rings. The molecule has 0 heterocycles. The van der Waals surface area contributed by atoms with Gasteiger partial charge in [0.2, 0.25) is 0 Å². The van der Waals surface area contributed by atoms with Crippen LogP contribution in [0.15, 0.2) is 24.3 Å². The van der Waals surface area contributed by atoms with E-state index in [2.05, 4.69) is 24.3 Å². The number of fused-ring (bicyclic) bond motifs is 3. The predicted molar refractivity (Wildman–Crippen MR) is 41.5 cm³/mol. The Kier molecular flexibility index (Phi) is 0.803. The first-order chi connectivity index (χ1) is 4.95. The summed E-state index contributed by atoms with van der Waals surface area (Å²) in [5.74, 6) is 4.07. The Morgan fingerprint density at radius 1 is 1.00 bits per heavy atom. The van der Waals surface area contributed by atoms with Gasteiger partial charge in [0.1, 0.15) is 0 Å². The van der Waals surface area contributed by atoms with Crippen molar-refractivity contribution in [2.24, 2.45) is 23.7 Å². The van der Waals surface area contributed by atoms with E-state index in [1.54, 1.807) is 0 Å². The molecule has 0 aromatic rings. The molecule has 0 aliphatic heterocycles. The van der Waals surface area contributed by atoms with E-state index in [9.17, 15) is 0 Å². The molecule has 0 spiro atoms. The van der Waals surface area contributed by atoms with Gasteiger partial charge in [-0.1, -0.05) is 24.3 Å². The van der Waals surface area contributed by atoms with Crippen molar-refractivity contribution < 1.29 is 0 Å². The monoisotopic (exact) mass is 132 g/mol. The van der Waals surface area contributed by atoms with Gasteiger partial charge in [0.05, 0.1) is 0 Å². The normalized spacial score (nSPS) is 54.4. The van der Waals surface area contributed by atoms with E-state index in [1.807, 2.05) is 0 Å². The van der Waals surface area contributed by atoms with Crippen molar-refractivity contribution in [2.75, 3.05) is 0 Å². The van der Waals surface area contributed by atoms with Gasteiger partial charge in [-0.05, 0) is 36.5 Å². The van der Waals surface area contributed by atoms with E-state index in [0.29, 0.717) is 0 Å². The minimum atomic E-state index is 0.925. The third-order valence-electron chi connectivity index (χ3n) is 3.34. The Balaban J connectivity index is 1.95. The summed E-state index contributed by atoms with van der Waals surface area (Å²) >= 11 is 0. The maximum Gasteiger partial charge on any atom is -0.0136 e. The molecule has 0 radical (unpaired) electrons. The highest BCUT2D eigenvalue weighted by Gasteiger charge is 2.51. The van der Waals surface area contributed by atoms with Crippen LogP contribution in [0.2, 0.25) is 0 Å². The van der Waals surface area contributed by atoms with Gasteiger partial charge in [-0.3, -0.25) is 0 Å². The average molecular weight is 132 g/mol. The summed E-state index contributed by atoms with van der Waals surface area (Å²) in [7, 11) is 0. The first-order valence-electron chi connectivity index (χ1n) is 4.30. The number of rotatable bonds is 0. The summed E-state index contributed by atoms with van der Waals surface area (Å²) < 4.78 is 0. The molecule has 2 fully saturated rings. The third kappa shape index (κ3) is 0.524. The molecule has 10 heavy (non-hydrogen) atoms. The summed E-state index contributed by atoms with van der Waals surface area (Å²) in [5, 5.41) is 0. The molecule has 52 valence electrons. The molecule has 0 aromatic heterocycles. The van der Waals surface area contributed by atoms with Gasteiger partial charge in [0.25, 0.3) is 0 Å². The Hall–Kier alpha value is -0.520. The average Bonchev–Trinajstić information content (AvgIpc) is 2.64. The van der Waals surface area contributed by atoms with E-state index in [1.165, 1.54) is 12.8 Å². The third-order valence-corrected chi connectivity index (χ3v) is 3.34. The summed E-state index contributed by atoms with van der Waals surface area (Å²) in [6.45, 7) is 0. The molecule has 0 nitrogen and oxygen atoms in total. The fraction of sp³-hybridized carbons (Fsp3) is 0.600. The largest absolute Gasteiger partial charge is 0.0808 e. The van der Waals surface area contributed by atoms with Crippen LogP contribution in [0.1, 0.15) is 12.8 Å². The van der Waals surface area contributed by atoms with Crippen molar-refractivity contribution in [3.05, 3.63) is 24.3 Å². The zero-order valence-corrected chi connectivity index (χ0v) is 6.03. The molecule has 0 amide bonds. The Bertz CT molecular complexity index is 212. The highest BCUT2D eigenvalue weighted by molar-refractivity contribution is 5.21. The van der Waals surface area contributed by atoms with Crippen LogP contribution in [0.3, 0.4) is 0 Å². The van der Waals surface area contributed by atoms with Gasteiger partial charge in [0, 0.05) is 0 Å². The van der Waals surface area contributed by atoms with Crippen molar-refractivity contribution in [1.82, 2.24) is 0 Å². The van der Waals surface area contributed by atoms with Gasteiger partial charge in [-0.25, -0.2) is 0 Å². The topological polar surface area (TPSA) is 0 Å². The zero-order valence-electron chi connectivity index (χ0n) is 6.03. The van der Waals surface area contributed by atoms with Gasteiger partial charge >= 0.3 is 0 Å². The van der Waals surface area contributed by atoms with Crippen molar-refractivity contribution in [3.63, 3.8) is 0 Å².